The molecule has 0 spiro atoms. The van der Waals surface area contributed by atoms with Crippen molar-refractivity contribution in [2.45, 2.75) is 6.92 Å². The zero-order valence-electron chi connectivity index (χ0n) is 14.9. The maximum absolute atomic E-state index is 12.3. The maximum atomic E-state index is 12.3. The quantitative estimate of drug-likeness (QED) is 0.669. The van der Waals surface area contributed by atoms with Crippen molar-refractivity contribution in [2.75, 3.05) is 30.3 Å². The minimum Gasteiger partial charge on any atom is -0.324 e. The van der Waals surface area contributed by atoms with Gasteiger partial charge in [0.25, 0.3) is 0 Å². The molecule has 0 aliphatic carbocycles. The first-order valence-corrected chi connectivity index (χ1v) is 9.42. The molecule has 0 heterocycles. The zero-order chi connectivity index (χ0) is 20.7. The molecular formula is C19H17Cl3N4O2. The van der Waals surface area contributed by atoms with E-state index >= 15 is 0 Å². The molecule has 0 fully saturated rings. The Morgan fingerprint density at radius 1 is 0.964 bits per heavy atom. The lowest BCUT2D eigenvalue weighted by molar-refractivity contribution is -0.119. The van der Waals surface area contributed by atoms with Crippen LogP contribution in [0.2, 0.25) is 15.1 Å². The van der Waals surface area contributed by atoms with Crippen LogP contribution in [0.5, 0.6) is 0 Å². The second kappa shape index (κ2) is 10.3. The summed E-state index contributed by atoms with van der Waals surface area (Å²) in [6, 6.07) is 11.3. The summed E-state index contributed by atoms with van der Waals surface area (Å²) in [6.45, 7) is 2.23. The Balaban J connectivity index is 1.97. The molecule has 28 heavy (non-hydrogen) atoms. The van der Waals surface area contributed by atoms with E-state index in [4.69, 9.17) is 40.1 Å². The first-order chi connectivity index (χ1) is 13.3. The van der Waals surface area contributed by atoms with Crippen molar-refractivity contribution in [3.8, 4) is 6.07 Å². The van der Waals surface area contributed by atoms with Crippen LogP contribution in [0.25, 0.3) is 0 Å². The smallest absolute Gasteiger partial charge is 0.238 e. The highest BCUT2D eigenvalue weighted by molar-refractivity contribution is 6.35. The van der Waals surface area contributed by atoms with Crippen LogP contribution in [-0.4, -0.2) is 36.3 Å². The van der Waals surface area contributed by atoms with Gasteiger partial charge in [0.2, 0.25) is 11.8 Å². The normalized spacial score (nSPS) is 10.4. The molecular weight excluding hydrogens is 423 g/mol. The summed E-state index contributed by atoms with van der Waals surface area (Å²) < 4.78 is 0. The third-order valence-corrected chi connectivity index (χ3v) is 4.56. The summed E-state index contributed by atoms with van der Waals surface area (Å²) in [4.78, 5) is 26.2. The van der Waals surface area contributed by atoms with Crippen LogP contribution in [0.15, 0.2) is 36.4 Å². The number of nitrogens with zero attached hydrogens (tertiary/aromatic N) is 2. The predicted octanol–water partition coefficient (Wildman–Crippen LogP) is 4.42. The van der Waals surface area contributed by atoms with Gasteiger partial charge in [-0.2, -0.15) is 5.26 Å². The van der Waals surface area contributed by atoms with Gasteiger partial charge in [-0.1, -0.05) is 41.7 Å². The highest BCUT2D eigenvalue weighted by Crippen LogP contribution is 2.25. The van der Waals surface area contributed by atoms with Gasteiger partial charge in [0.1, 0.15) is 6.07 Å². The Hall–Kier alpha value is -2.30. The average Bonchev–Trinajstić information content (AvgIpc) is 2.64. The van der Waals surface area contributed by atoms with Crippen molar-refractivity contribution >= 4 is 58.0 Å². The van der Waals surface area contributed by atoms with E-state index in [9.17, 15) is 9.59 Å². The van der Waals surface area contributed by atoms with E-state index in [-0.39, 0.29) is 24.9 Å². The van der Waals surface area contributed by atoms with Crippen LogP contribution < -0.4 is 10.6 Å². The Morgan fingerprint density at radius 3 is 2.07 bits per heavy atom. The lowest BCUT2D eigenvalue weighted by Gasteiger charge is -2.20. The molecule has 0 bridgehead atoms. The number of hydrogen-bond donors (Lipinski definition) is 2. The SMILES string of the molecule is CCN(CC(=O)Nc1cc(Cl)ccc1Cl)CC(=O)Nc1cc(Cl)ccc1C#N. The van der Waals surface area contributed by atoms with Gasteiger partial charge in [-0.25, -0.2) is 0 Å². The Kier molecular flexibility index (Phi) is 8.09. The van der Waals surface area contributed by atoms with Crippen LogP contribution >= 0.6 is 34.8 Å². The highest BCUT2D eigenvalue weighted by atomic mass is 35.5. The molecule has 0 radical (unpaired) electrons. The van der Waals surface area contributed by atoms with Crippen LogP contribution in [0.1, 0.15) is 12.5 Å². The number of nitriles is 1. The Labute approximate surface area is 178 Å². The number of hydrogen-bond acceptors (Lipinski definition) is 4. The number of anilines is 2. The molecule has 0 unspecified atom stereocenters. The molecule has 6 nitrogen and oxygen atoms in total. The molecule has 2 N–H and O–H groups in total. The minimum atomic E-state index is -0.366. The second-order valence-electron chi connectivity index (χ2n) is 5.83. The number of benzene rings is 2. The summed E-state index contributed by atoms with van der Waals surface area (Å²) in [6.07, 6.45) is 0. The Bertz CT molecular complexity index is 928. The third kappa shape index (κ3) is 6.39. The summed E-state index contributed by atoms with van der Waals surface area (Å²) >= 11 is 17.9. The lowest BCUT2D eigenvalue weighted by atomic mass is 10.2. The fraction of sp³-hybridized carbons (Fsp3) is 0.211. The number of rotatable bonds is 7. The molecule has 0 saturated carbocycles. The van der Waals surface area contributed by atoms with Crippen LogP contribution in [0.3, 0.4) is 0 Å². The van der Waals surface area contributed by atoms with Gasteiger partial charge in [0.15, 0.2) is 0 Å². The summed E-state index contributed by atoms with van der Waals surface area (Å²) in [5, 5.41) is 15.7. The molecule has 2 aromatic rings. The van der Waals surface area contributed by atoms with Gasteiger partial charge >= 0.3 is 0 Å². The largest absolute Gasteiger partial charge is 0.324 e. The molecule has 0 aliphatic heterocycles. The fourth-order valence-electron chi connectivity index (χ4n) is 2.38. The summed E-state index contributed by atoms with van der Waals surface area (Å²) in [7, 11) is 0. The lowest BCUT2D eigenvalue weighted by Crippen LogP contribution is -2.38. The third-order valence-electron chi connectivity index (χ3n) is 3.76. The van der Waals surface area contributed by atoms with E-state index in [0.717, 1.165) is 0 Å². The first kappa shape index (κ1) is 22.0. The number of carbonyl (C=O) groups excluding carboxylic acids is 2. The van der Waals surface area contributed by atoms with Crippen LogP contribution in [0, 0.1) is 11.3 Å². The van der Waals surface area contributed by atoms with Crippen LogP contribution in [-0.2, 0) is 9.59 Å². The molecule has 2 rings (SSSR count). The van der Waals surface area contributed by atoms with E-state index in [1.165, 1.54) is 12.1 Å². The Morgan fingerprint density at radius 2 is 1.50 bits per heavy atom. The van der Waals surface area contributed by atoms with E-state index in [1.807, 2.05) is 13.0 Å². The van der Waals surface area contributed by atoms with Gasteiger partial charge in [-0.3, -0.25) is 14.5 Å². The van der Waals surface area contributed by atoms with Crippen molar-refractivity contribution < 1.29 is 9.59 Å². The van der Waals surface area contributed by atoms with Crippen molar-refractivity contribution in [1.29, 1.82) is 5.26 Å². The van der Waals surface area contributed by atoms with Crippen LogP contribution in [0.4, 0.5) is 11.4 Å². The maximum Gasteiger partial charge on any atom is 0.238 e. The van der Waals surface area contributed by atoms with E-state index in [2.05, 4.69) is 10.6 Å². The first-order valence-electron chi connectivity index (χ1n) is 8.29. The van der Waals surface area contributed by atoms with E-state index < -0.39 is 0 Å². The van der Waals surface area contributed by atoms with Crippen molar-refractivity contribution in [3.63, 3.8) is 0 Å². The highest BCUT2D eigenvalue weighted by Gasteiger charge is 2.15. The van der Waals surface area contributed by atoms with Gasteiger partial charge in [-0.05, 0) is 42.9 Å². The topological polar surface area (TPSA) is 85.2 Å². The van der Waals surface area contributed by atoms with Crippen molar-refractivity contribution in [2.24, 2.45) is 0 Å². The average molecular weight is 440 g/mol. The number of nitrogens with one attached hydrogen (secondary N) is 2. The predicted molar refractivity (Wildman–Crippen MR) is 112 cm³/mol. The number of halogens is 3. The van der Waals surface area contributed by atoms with E-state index in [1.54, 1.807) is 29.2 Å². The minimum absolute atomic E-state index is 0.0204. The van der Waals surface area contributed by atoms with Gasteiger partial charge in [-0.15, -0.1) is 0 Å². The molecule has 146 valence electrons. The molecule has 9 heteroatoms. The van der Waals surface area contributed by atoms with E-state index in [0.29, 0.717) is 38.6 Å². The number of likely N-dealkylation sites (N-methyl/N-ethyl adjacent to an activating group) is 1. The molecule has 0 aromatic heterocycles. The second-order valence-corrected chi connectivity index (χ2v) is 7.11. The fourth-order valence-corrected chi connectivity index (χ4v) is 2.88. The monoisotopic (exact) mass is 438 g/mol. The number of carbonyl (C=O) groups is 2. The van der Waals surface area contributed by atoms with Gasteiger partial charge in [0, 0.05) is 10.0 Å². The van der Waals surface area contributed by atoms with Crippen molar-refractivity contribution in [3.05, 3.63) is 57.0 Å². The summed E-state index contributed by atoms with van der Waals surface area (Å²) in [5.41, 5.74) is 1.03. The molecule has 2 aromatic carbocycles. The molecule has 2 amide bonds. The zero-order valence-corrected chi connectivity index (χ0v) is 17.2. The number of amides is 2. The van der Waals surface area contributed by atoms with Gasteiger partial charge < -0.3 is 10.6 Å². The molecule has 0 atom stereocenters. The summed E-state index contributed by atoms with van der Waals surface area (Å²) in [5.74, 6) is -0.700. The van der Waals surface area contributed by atoms with Gasteiger partial charge in [0.05, 0.1) is 35.1 Å². The molecule has 0 saturated heterocycles. The molecule has 0 aliphatic rings. The standard InChI is InChI=1S/C19H17Cl3N4O2/c1-2-26(11-19(28)25-17-8-14(21)5-6-15(17)22)10-18(27)24-16-7-13(20)4-3-12(16)9-23/h3-8H,2,10-11H2,1H3,(H,24,27)(H,25,28). The van der Waals surface area contributed by atoms with Crippen molar-refractivity contribution in [1.82, 2.24) is 4.90 Å².